The summed E-state index contributed by atoms with van der Waals surface area (Å²) in [4.78, 5) is 8.67. The molecule has 0 spiro atoms. The first kappa shape index (κ1) is 17.9. The van der Waals surface area contributed by atoms with Gasteiger partial charge < -0.3 is 14.4 Å². The summed E-state index contributed by atoms with van der Waals surface area (Å²) in [6.07, 6.45) is 1.84. The molecule has 0 saturated heterocycles. The largest absolute Gasteiger partial charge is 0.439 e. The second-order valence-electron chi connectivity index (χ2n) is 6.63. The monoisotopic (exact) mass is 373 g/mol. The van der Waals surface area contributed by atoms with Crippen LogP contribution in [0.4, 0.5) is 0 Å². The Labute approximate surface area is 162 Å². The fourth-order valence-corrected chi connectivity index (χ4v) is 2.82. The molecule has 2 aromatic heterocycles. The van der Waals surface area contributed by atoms with Gasteiger partial charge in [-0.2, -0.15) is 4.98 Å². The van der Waals surface area contributed by atoms with E-state index in [0.29, 0.717) is 28.9 Å². The van der Waals surface area contributed by atoms with Crippen LogP contribution >= 0.6 is 0 Å². The second kappa shape index (κ2) is 7.62. The first-order chi connectivity index (χ1) is 13.6. The third-order valence-electron chi connectivity index (χ3n) is 4.32. The summed E-state index contributed by atoms with van der Waals surface area (Å²) >= 11 is 0. The smallest absolute Gasteiger partial charge is 0.230 e. The third kappa shape index (κ3) is 4.07. The molecule has 28 heavy (non-hydrogen) atoms. The Hall–Kier alpha value is -3.51. The molecule has 4 rings (SSSR count). The number of hydrogen-bond acceptors (Lipinski definition) is 6. The van der Waals surface area contributed by atoms with E-state index in [1.807, 2.05) is 66.7 Å². The Morgan fingerprint density at radius 3 is 2.36 bits per heavy atom. The van der Waals surface area contributed by atoms with Crippen LogP contribution in [0.15, 0.2) is 83.5 Å². The summed E-state index contributed by atoms with van der Waals surface area (Å²) in [5, 5.41) is 14.7. The molecule has 4 aromatic rings. The Kier molecular flexibility index (Phi) is 4.87. The van der Waals surface area contributed by atoms with Crippen LogP contribution < -0.4 is 4.74 Å². The molecule has 1 N–H and O–H groups in total. The Balaban J connectivity index is 1.47. The molecule has 1 atom stereocenters. The normalized spacial score (nSPS) is 13.1. The van der Waals surface area contributed by atoms with Gasteiger partial charge in [0.1, 0.15) is 5.75 Å². The van der Waals surface area contributed by atoms with Crippen LogP contribution in [0.1, 0.15) is 18.4 Å². The van der Waals surface area contributed by atoms with Crippen molar-refractivity contribution in [2.45, 2.75) is 18.9 Å². The lowest BCUT2D eigenvalue weighted by molar-refractivity contribution is 0.0490. The zero-order valence-corrected chi connectivity index (χ0v) is 15.3. The highest BCUT2D eigenvalue weighted by molar-refractivity contribution is 5.53. The molecule has 6 heteroatoms. The highest BCUT2D eigenvalue weighted by Gasteiger charge is 2.26. The van der Waals surface area contributed by atoms with Crippen LogP contribution in [-0.4, -0.2) is 20.2 Å². The molecule has 2 aromatic carbocycles. The molecule has 6 nitrogen and oxygen atoms in total. The maximum Gasteiger partial charge on any atom is 0.230 e. The van der Waals surface area contributed by atoms with Crippen LogP contribution in [0.3, 0.4) is 0 Å². The van der Waals surface area contributed by atoms with E-state index in [0.717, 1.165) is 5.56 Å². The van der Waals surface area contributed by atoms with Gasteiger partial charge in [-0.05, 0) is 30.7 Å². The van der Waals surface area contributed by atoms with Crippen LogP contribution in [0, 0.1) is 0 Å². The number of benzene rings is 2. The molecule has 0 aliphatic rings. The van der Waals surface area contributed by atoms with E-state index in [1.165, 1.54) is 0 Å². The van der Waals surface area contributed by atoms with Crippen molar-refractivity contribution in [3.8, 4) is 23.0 Å². The Morgan fingerprint density at radius 1 is 0.964 bits per heavy atom. The number of ether oxygens (including phenoxy) is 1. The lowest BCUT2D eigenvalue weighted by Gasteiger charge is -2.21. The standard InChI is InChI=1S/C22H19N3O3/c1-22(26,17-8-4-2-5-9-17)14-20-24-21(25-28-20)16-12-13-19(23-15-16)27-18-10-6-3-7-11-18/h2-13,15,26H,14H2,1H3. The summed E-state index contributed by atoms with van der Waals surface area (Å²) in [6.45, 7) is 1.73. The molecule has 0 radical (unpaired) electrons. The van der Waals surface area contributed by atoms with E-state index in [9.17, 15) is 5.11 Å². The number of hydrogen-bond donors (Lipinski definition) is 1. The average molecular weight is 373 g/mol. The zero-order valence-electron chi connectivity index (χ0n) is 15.3. The van der Waals surface area contributed by atoms with E-state index >= 15 is 0 Å². The van der Waals surface area contributed by atoms with Gasteiger partial charge in [-0.25, -0.2) is 4.98 Å². The number of aromatic nitrogens is 3. The van der Waals surface area contributed by atoms with E-state index in [-0.39, 0.29) is 6.42 Å². The summed E-state index contributed by atoms with van der Waals surface area (Å²) < 4.78 is 11.0. The van der Waals surface area contributed by atoms with Crippen LogP contribution in [0.25, 0.3) is 11.4 Å². The lowest BCUT2D eigenvalue weighted by atomic mass is 9.93. The van der Waals surface area contributed by atoms with E-state index in [2.05, 4.69) is 15.1 Å². The van der Waals surface area contributed by atoms with E-state index < -0.39 is 5.60 Å². The molecule has 0 aliphatic heterocycles. The van der Waals surface area contributed by atoms with Crippen molar-refractivity contribution >= 4 is 0 Å². The highest BCUT2D eigenvalue weighted by Crippen LogP contribution is 2.26. The lowest BCUT2D eigenvalue weighted by Crippen LogP contribution is -2.24. The van der Waals surface area contributed by atoms with Gasteiger partial charge in [0.2, 0.25) is 17.6 Å². The van der Waals surface area contributed by atoms with Gasteiger partial charge in [-0.1, -0.05) is 53.7 Å². The van der Waals surface area contributed by atoms with Crippen LogP contribution in [0.5, 0.6) is 11.6 Å². The highest BCUT2D eigenvalue weighted by atomic mass is 16.5. The fraction of sp³-hybridized carbons (Fsp3) is 0.136. The first-order valence-corrected chi connectivity index (χ1v) is 8.90. The van der Waals surface area contributed by atoms with Crippen molar-refractivity contribution in [1.82, 2.24) is 15.1 Å². The topological polar surface area (TPSA) is 81.3 Å². The Bertz CT molecular complexity index is 1030. The van der Waals surface area contributed by atoms with Gasteiger partial charge in [-0.3, -0.25) is 0 Å². The molecule has 140 valence electrons. The van der Waals surface area contributed by atoms with Gasteiger partial charge in [0.25, 0.3) is 0 Å². The molecular formula is C22H19N3O3. The molecule has 0 saturated carbocycles. The zero-order chi connectivity index (χ0) is 19.4. The van der Waals surface area contributed by atoms with Crippen molar-refractivity contribution in [2.24, 2.45) is 0 Å². The number of aliphatic hydroxyl groups is 1. The second-order valence-corrected chi connectivity index (χ2v) is 6.63. The molecule has 0 fully saturated rings. The van der Waals surface area contributed by atoms with Crippen molar-refractivity contribution in [2.75, 3.05) is 0 Å². The van der Waals surface area contributed by atoms with Crippen molar-refractivity contribution in [3.05, 3.63) is 90.4 Å². The minimum atomic E-state index is -1.10. The number of pyridine rings is 1. The number of nitrogens with zero attached hydrogens (tertiary/aromatic N) is 3. The molecule has 0 bridgehead atoms. The predicted octanol–water partition coefficient (Wildman–Crippen LogP) is 4.37. The maximum atomic E-state index is 10.7. The van der Waals surface area contributed by atoms with Gasteiger partial charge in [0.15, 0.2) is 0 Å². The quantitative estimate of drug-likeness (QED) is 0.540. The first-order valence-electron chi connectivity index (χ1n) is 8.90. The molecule has 1 unspecified atom stereocenters. The van der Waals surface area contributed by atoms with E-state index in [1.54, 1.807) is 19.2 Å². The summed E-state index contributed by atoms with van der Waals surface area (Å²) in [6, 6.07) is 22.4. The fourth-order valence-electron chi connectivity index (χ4n) is 2.82. The van der Waals surface area contributed by atoms with Gasteiger partial charge >= 0.3 is 0 Å². The van der Waals surface area contributed by atoms with E-state index in [4.69, 9.17) is 9.26 Å². The summed E-state index contributed by atoms with van der Waals surface area (Å²) in [7, 11) is 0. The van der Waals surface area contributed by atoms with Crippen molar-refractivity contribution in [3.63, 3.8) is 0 Å². The maximum absolute atomic E-state index is 10.7. The van der Waals surface area contributed by atoms with Gasteiger partial charge in [0.05, 0.1) is 12.0 Å². The number of para-hydroxylation sites is 1. The van der Waals surface area contributed by atoms with Gasteiger partial charge in [-0.15, -0.1) is 0 Å². The molecular weight excluding hydrogens is 354 g/mol. The SMILES string of the molecule is CC(O)(Cc1nc(-c2ccc(Oc3ccccc3)nc2)no1)c1ccccc1. The molecule has 0 aliphatic carbocycles. The third-order valence-corrected chi connectivity index (χ3v) is 4.32. The van der Waals surface area contributed by atoms with Crippen molar-refractivity contribution in [1.29, 1.82) is 0 Å². The summed E-state index contributed by atoms with van der Waals surface area (Å²) in [5.74, 6) is 1.96. The Morgan fingerprint density at radius 2 is 1.68 bits per heavy atom. The van der Waals surface area contributed by atoms with Gasteiger partial charge in [0, 0.05) is 17.8 Å². The number of rotatable bonds is 6. The summed E-state index contributed by atoms with van der Waals surface area (Å²) in [5.41, 5.74) is 0.394. The van der Waals surface area contributed by atoms with Crippen molar-refractivity contribution < 1.29 is 14.4 Å². The predicted molar refractivity (Wildman–Crippen MR) is 104 cm³/mol. The average Bonchev–Trinajstić information content (AvgIpc) is 3.18. The van der Waals surface area contributed by atoms with Crippen LogP contribution in [-0.2, 0) is 12.0 Å². The molecule has 0 amide bonds. The van der Waals surface area contributed by atoms with Crippen LogP contribution in [0.2, 0.25) is 0 Å². The minimum Gasteiger partial charge on any atom is -0.439 e. The minimum absolute atomic E-state index is 0.215. The molecule has 2 heterocycles.